The molecule has 0 saturated carbocycles. The monoisotopic (exact) mass is 288 g/mol. The predicted octanol–water partition coefficient (Wildman–Crippen LogP) is 3.55. The molecule has 0 aliphatic carbocycles. The smallest absolute Gasteiger partial charge is 0.213 e. The molecule has 1 N–H and O–H groups in total. The Kier molecular flexibility index (Phi) is 5.69. The van der Waals surface area contributed by atoms with Crippen LogP contribution in [-0.4, -0.2) is 11.5 Å². The molecular weight excluding hydrogens is 267 g/mol. The lowest BCUT2D eigenvalue weighted by Crippen LogP contribution is -2.19. The van der Waals surface area contributed by atoms with Crippen LogP contribution in [0.25, 0.3) is 0 Å². The van der Waals surface area contributed by atoms with E-state index in [0.29, 0.717) is 23.9 Å². The Labute approximate surface area is 125 Å². The van der Waals surface area contributed by atoms with Gasteiger partial charge in [-0.1, -0.05) is 38.1 Å². The Morgan fingerprint density at radius 2 is 1.95 bits per heavy atom. The van der Waals surface area contributed by atoms with Crippen LogP contribution in [0.2, 0.25) is 0 Å². The molecule has 0 saturated heterocycles. The van der Waals surface area contributed by atoms with E-state index in [4.69, 9.17) is 4.74 Å². The number of aromatic nitrogens is 1. The van der Waals surface area contributed by atoms with E-state index in [-0.39, 0.29) is 12.4 Å². The van der Waals surface area contributed by atoms with E-state index >= 15 is 0 Å². The van der Waals surface area contributed by atoms with E-state index in [1.165, 1.54) is 6.07 Å². The minimum absolute atomic E-state index is 0.183. The molecule has 0 fully saturated rings. The summed E-state index contributed by atoms with van der Waals surface area (Å²) in [6.07, 6.45) is 0. The van der Waals surface area contributed by atoms with Crippen molar-refractivity contribution in [1.29, 1.82) is 0 Å². The average Bonchev–Trinajstić information content (AvgIpc) is 2.46. The van der Waals surface area contributed by atoms with Crippen molar-refractivity contribution in [3.8, 4) is 5.88 Å². The standard InChI is InChI=1S/C17H21FN2O/c1-13(2)10-19-11-15-7-5-9-17(20-15)21-12-14-6-3-4-8-16(14)18/h3-9,13,19H,10-12H2,1-2H3. The highest BCUT2D eigenvalue weighted by atomic mass is 19.1. The first-order valence-electron chi connectivity index (χ1n) is 7.18. The summed E-state index contributed by atoms with van der Waals surface area (Å²) < 4.78 is 19.1. The molecule has 112 valence electrons. The van der Waals surface area contributed by atoms with Crippen LogP contribution < -0.4 is 10.1 Å². The highest BCUT2D eigenvalue weighted by Crippen LogP contribution is 2.12. The molecule has 0 aliphatic heterocycles. The summed E-state index contributed by atoms with van der Waals surface area (Å²) in [5.41, 5.74) is 1.45. The number of benzene rings is 1. The molecule has 4 heteroatoms. The van der Waals surface area contributed by atoms with Gasteiger partial charge in [0.25, 0.3) is 0 Å². The van der Waals surface area contributed by atoms with Crippen LogP contribution in [-0.2, 0) is 13.2 Å². The maximum absolute atomic E-state index is 13.5. The fourth-order valence-electron chi connectivity index (χ4n) is 1.89. The number of pyridine rings is 1. The number of hydrogen-bond acceptors (Lipinski definition) is 3. The summed E-state index contributed by atoms with van der Waals surface area (Å²) in [5, 5.41) is 3.33. The van der Waals surface area contributed by atoms with Gasteiger partial charge in [0.2, 0.25) is 5.88 Å². The van der Waals surface area contributed by atoms with Crippen molar-refractivity contribution in [3.05, 3.63) is 59.5 Å². The molecule has 21 heavy (non-hydrogen) atoms. The molecular formula is C17H21FN2O. The maximum atomic E-state index is 13.5. The highest BCUT2D eigenvalue weighted by molar-refractivity contribution is 5.19. The summed E-state index contributed by atoms with van der Waals surface area (Å²) in [4.78, 5) is 4.41. The van der Waals surface area contributed by atoms with Gasteiger partial charge in [-0.3, -0.25) is 0 Å². The van der Waals surface area contributed by atoms with Crippen molar-refractivity contribution in [2.24, 2.45) is 5.92 Å². The number of ether oxygens (including phenoxy) is 1. The fourth-order valence-corrected chi connectivity index (χ4v) is 1.89. The lowest BCUT2D eigenvalue weighted by atomic mass is 10.2. The second-order valence-corrected chi connectivity index (χ2v) is 5.37. The van der Waals surface area contributed by atoms with E-state index in [9.17, 15) is 4.39 Å². The Morgan fingerprint density at radius 3 is 2.71 bits per heavy atom. The van der Waals surface area contributed by atoms with Crippen LogP contribution in [0.3, 0.4) is 0 Å². The van der Waals surface area contributed by atoms with E-state index in [0.717, 1.165) is 12.2 Å². The zero-order chi connectivity index (χ0) is 15.1. The first-order chi connectivity index (χ1) is 10.1. The predicted molar refractivity (Wildman–Crippen MR) is 81.5 cm³/mol. The Balaban J connectivity index is 1.90. The van der Waals surface area contributed by atoms with Crippen molar-refractivity contribution in [2.45, 2.75) is 27.0 Å². The second kappa shape index (κ2) is 7.74. The van der Waals surface area contributed by atoms with Gasteiger partial charge in [0, 0.05) is 18.2 Å². The quantitative estimate of drug-likeness (QED) is 0.846. The van der Waals surface area contributed by atoms with Crippen LogP contribution >= 0.6 is 0 Å². The molecule has 0 aliphatic rings. The first-order valence-corrected chi connectivity index (χ1v) is 7.18. The van der Waals surface area contributed by atoms with E-state index in [1.54, 1.807) is 24.3 Å². The molecule has 0 bridgehead atoms. The second-order valence-electron chi connectivity index (χ2n) is 5.37. The van der Waals surface area contributed by atoms with Gasteiger partial charge in [0.15, 0.2) is 0 Å². The van der Waals surface area contributed by atoms with Gasteiger partial charge in [-0.2, -0.15) is 0 Å². The molecule has 2 rings (SSSR count). The Bertz CT molecular complexity index is 572. The van der Waals surface area contributed by atoms with Crippen LogP contribution in [0.4, 0.5) is 4.39 Å². The van der Waals surface area contributed by atoms with Gasteiger partial charge in [-0.15, -0.1) is 0 Å². The molecule has 0 spiro atoms. The summed E-state index contributed by atoms with van der Waals surface area (Å²) in [5.74, 6) is 0.861. The summed E-state index contributed by atoms with van der Waals surface area (Å²) in [6.45, 7) is 6.16. The lowest BCUT2D eigenvalue weighted by Gasteiger charge is -2.09. The van der Waals surface area contributed by atoms with E-state index in [1.807, 2.05) is 12.1 Å². The summed E-state index contributed by atoms with van der Waals surface area (Å²) in [6, 6.07) is 12.2. The zero-order valence-electron chi connectivity index (χ0n) is 12.5. The summed E-state index contributed by atoms with van der Waals surface area (Å²) >= 11 is 0. The van der Waals surface area contributed by atoms with Gasteiger partial charge in [0.05, 0.1) is 5.69 Å². The maximum Gasteiger partial charge on any atom is 0.213 e. The topological polar surface area (TPSA) is 34.1 Å². The normalized spacial score (nSPS) is 10.9. The fraction of sp³-hybridized carbons (Fsp3) is 0.353. The minimum Gasteiger partial charge on any atom is -0.473 e. The van der Waals surface area contributed by atoms with Crippen molar-refractivity contribution in [1.82, 2.24) is 10.3 Å². The zero-order valence-corrected chi connectivity index (χ0v) is 12.5. The third-order valence-corrected chi connectivity index (χ3v) is 2.97. The van der Waals surface area contributed by atoms with Crippen molar-refractivity contribution in [3.63, 3.8) is 0 Å². The molecule has 0 atom stereocenters. The van der Waals surface area contributed by atoms with Crippen LogP contribution in [0, 0.1) is 11.7 Å². The molecule has 0 unspecified atom stereocenters. The number of hydrogen-bond donors (Lipinski definition) is 1. The van der Waals surface area contributed by atoms with E-state index < -0.39 is 0 Å². The molecule has 0 radical (unpaired) electrons. The number of nitrogens with zero attached hydrogens (tertiary/aromatic N) is 1. The van der Waals surface area contributed by atoms with Crippen LogP contribution in [0.15, 0.2) is 42.5 Å². The van der Waals surface area contributed by atoms with Gasteiger partial charge in [0.1, 0.15) is 12.4 Å². The van der Waals surface area contributed by atoms with Crippen molar-refractivity contribution < 1.29 is 9.13 Å². The summed E-state index contributed by atoms with van der Waals surface area (Å²) in [7, 11) is 0. The average molecular weight is 288 g/mol. The third-order valence-electron chi connectivity index (χ3n) is 2.97. The SMILES string of the molecule is CC(C)CNCc1cccc(OCc2ccccc2F)n1. The van der Waals surface area contributed by atoms with Gasteiger partial charge >= 0.3 is 0 Å². The molecule has 1 aromatic carbocycles. The first kappa shape index (κ1) is 15.4. The van der Waals surface area contributed by atoms with Gasteiger partial charge < -0.3 is 10.1 Å². The van der Waals surface area contributed by atoms with Gasteiger partial charge in [-0.05, 0) is 24.6 Å². The Hall–Kier alpha value is -1.94. The molecule has 2 aromatic rings. The molecule has 0 amide bonds. The van der Waals surface area contributed by atoms with Crippen LogP contribution in [0.5, 0.6) is 5.88 Å². The largest absolute Gasteiger partial charge is 0.473 e. The number of rotatable bonds is 7. The highest BCUT2D eigenvalue weighted by Gasteiger charge is 2.03. The molecule has 1 heterocycles. The van der Waals surface area contributed by atoms with Crippen molar-refractivity contribution in [2.75, 3.05) is 6.54 Å². The lowest BCUT2D eigenvalue weighted by molar-refractivity contribution is 0.287. The van der Waals surface area contributed by atoms with Crippen molar-refractivity contribution >= 4 is 0 Å². The third kappa shape index (κ3) is 5.16. The van der Waals surface area contributed by atoms with Crippen LogP contribution in [0.1, 0.15) is 25.1 Å². The Morgan fingerprint density at radius 1 is 1.14 bits per heavy atom. The number of halogens is 1. The molecule has 3 nitrogen and oxygen atoms in total. The minimum atomic E-state index is -0.257. The van der Waals surface area contributed by atoms with E-state index in [2.05, 4.69) is 24.1 Å². The number of nitrogens with one attached hydrogen (secondary N) is 1. The molecule has 1 aromatic heterocycles. The van der Waals surface area contributed by atoms with Gasteiger partial charge in [-0.25, -0.2) is 9.37 Å².